The third kappa shape index (κ3) is 3.37. The summed E-state index contributed by atoms with van der Waals surface area (Å²) in [5.41, 5.74) is 2.25. The number of nitrogens with zero attached hydrogens (tertiary/aromatic N) is 2. The molecular weight excluding hydrogens is 375 g/mol. The Morgan fingerprint density at radius 1 is 1.04 bits per heavy atom. The molecule has 4 rings (SSSR count). The molecule has 1 aromatic heterocycles. The summed E-state index contributed by atoms with van der Waals surface area (Å²) in [7, 11) is -3.77. The van der Waals surface area contributed by atoms with Crippen molar-refractivity contribution < 1.29 is 12.8 Å². The monoisotopic (exact) mass is 398 g/mol. The van der Waals surface area contributed by atoms with Crippen LogP contribution in [0.4, 0.5) is 10.1 Å². The first-order chi connectivity index (χ1) is 13.5. The predicted molar refractivity (Wildman–Crippen MR) is 109 cm³/mol. The number of anilines is 1. The van der Waals surface area contributed by atoms with Gasteiger partial charge in [-0.25, -0.2) is 12.8 Å². The van der Waals surface area contributed by atoms with Crippen molar-refractivity contribution in [2.24, 2.45) is 0 Å². The van der Waals surface area contributed by atoms with E-state index in [-0.39, 0.29) is 9.79 Å². The van der Waals surface area contributed by atoms with Gasteiger partial charge in [-0.2, -0.15) is 0 Å². The van der Waals surface area contributed by atoms with Crippen LogP contribution in [0, 0.1) is 5.82 Å². The molecule has 146 valence electrons. The highest BCUT2D eigenvalue weighted by Crippen LogP contribution is 2.37. The molecule has 28 heavy (non-hydrogen) atoms. The fourth-order valence-corrected chi connectivity index (χ4v) is 5.24. The standard InChI is InChI=1S/C22H23FN2O2S/c1-2-16-6-9-18(10-7-16)28(26,27)21-15-24-20-11-8-17(23)14-19(20)22(21)25-12-4-3-5-13-25/h6-11,14-15H,2-5,12-13H2,1H3. The molecule has 0 unspecified atom stereocenters. The summed E-state index contributed by atoms with van der Waals surface area (Å²) >= 11 is 0. The van der Waals surface area contributed by atoms with E-state index in [0.29, 0.717) is 16.6 Å². The largest absolute Gasteiger partial charge is 0.370 e. The number of sulfone groups is 1. The Kier molecular flexibility index (Phi) is 5.06. The van der Waals surface area contributed by atoms with Gasteiger partial charge < -0.3 is 4.90 Å². The van der Waals surface area contributed by atoms with E-state index in [2.05, 4.69) is 9.88 Å². The normalized spacial score (nSPS) is 15.1. The van der Waals surface area contributed by atoms with Crippen LogP contribution in [0.5, 0.6) is 0 Å². The Morgan fingerprint density at radius 3 is 2.43 bits per heavy atom. The minimum absolute atomic E-state index is 0.150. The smallest absolute Gasteiger partial charge is 0.210 e. The van der Waals surface area contributed by atoms with Gasteiger partial charge in [-0.1, -0.05) is 19.1 Å². The zero-order valence-corrected chi connectivity index (χ0v) is 16.7. The molecule has 2 aromatic carbocycles. The van der Waals surface area contributed by atoms with Crippen molar-refractivity contribution in [3.63, 3.8) is 0 Å². The molecule has 6 heteroatoms. The third-order valence-corrected chi connectivity index (χ3v) is 7.14. The van der Waals surface area contributed by atoms with Crippen molar-refractivity contribution in [3.8, 4) is 0 Å². The van der Waals surface area contributed by atoms with Crippen molar-refractivity contribution in [1.82, 2.24) is 4.98 Å². The van der Waals surface area contributed by atoms with E-state index in [1.165, 1.54) is 18.3 Å². The van der Waals surface area contributed by atoms with Gasteiger partial charge in [-0.3, -0.25) is 4.98 Å². The van der Waals surface area contributed by atoms with Crippen LogP contribution >= 0.6 is 0 Å². The quantitative estimate of drug-likeness (QED) is 0.636. The second kappa shape index (κ2) is 7.51. The van der Waals surface area contributed by atoms with Crippen LogP contribution in [0.25, 0.3) is 10.9 Å². The Balaban J connectivity index is 1.94. The van der Waals surface area contributed by atoms with E-state index in [4.69, 9.17) is 0 Å². The van der Waals surface area contributed by atoms with Crippen LogP contribution in [0.3, 0.4) is 0 Å². The number of aromatic nitrogens is 1. The number of piperidine rings is 1. The number of benzene rings is 2. The summed E-state index contributed by atoms with van der Waals surface area (Å²) in [5, 5.41) is 0.549. The maximum absolute atomic E-state index is 14.0. The van der Waals surface area contributed by atoms with Crippen LogP contribution < -0.4 is 4.90 Å². The molecule has 3 aromatic rings. The SMILES string of the molecule is CCc1ccc(S(=O)(=O)c2cnc3ccc(F)cc3c2N2CCCCC2)cc1. The van der Waals surface area contributed by atoms with Gasteiger partial charge in [-0.05, 0) is 61.6 Å². The van der Waals surface area contributed by atoms with E-state index in [1.54, 1.807) is 18.2 Å². The van der Waals surface area contributed by atoms with Gasteiger partial charge in [0.1, 0.15) is 10.7 Å². The minimum atomic E-state index is -3.77. The minimum Gasteiger partial charge on any atom is -0.370 e. The Morgan fingerprint density at radius 2 is 1.75 bits per heavy atom. The number of pyridine rings is 1. The topological polar surface area (TPSA) is 50.3 Å². The van der Waals surface area contributed by atoms with E-state index in [0.717, 1.165) is 44.3 Å². The van der Waals surface area contributed by atoms with Crippen molar-refractivity contribution in [3.05, 3.63) is 60.0 Å². The summed E-state index contributed by atoms with van der Waals surface area (Å²) in [6.45, 7) is 3.54. The number of hydrogen-bond donors (Lipinski definition) is 0. The molecule has 1 fully saturated rings. The van der Waals surface area contributed by atoms with Crippen LogP contribution in [-0.2, 0) is 16.3 Å². The lowest BCUT2D eigenvalue weighted by Gasteiger charge is -2.31. The van der Waals surface area contributed by atoms with Gasteiger partial charge in [0, 0.05) is 24.7 Å². The third-order valence-electron chi connectivity index (χ3n) is 5.37. The average molecular weight is 399 g/mol. The molecule has 1 aliphatic heterocycles. The predicted octanol–water partition coefficient (Wildman–Crippen LogP) is 4.76. The van der Waals surface area contributed by atoms with Crippen LogP contribution in [0.2, 0.25) is 0 Å². The number of rotatable bonds is 4. The first kappa shape index (κ1) is 18.9. The fraction of sp³-hybridized carbons (Fsp3) is 0.318. The highest BCUT2D eigenvalue weighted by Gasteiger charge is 2.27. The van der Waals surface area contributed by atoms with E-state index >= 15 is 0 Å². The van der Waals surface area contributed by atoms with E-state index < -0.39 is 15.7 Å². The maximum Gasteiger partial charge on any atom is 0.210 e. The summed E-state index contributed by atoms with van der Waals surface area (Å²) < 4.78 is 41.0. The average Bonchev–Trinajstić information content (AvgIpc) is 2.73. The number of hydrogen-bond acceptors (Lipinski definition) is 4. The van der Waals surface area contributed by atoms with Crippen LogP contribution in [0.1, 0.15) is 31.7 Å². The van der Waals surface area contributed by atoms with Crippen molar-refractivity contribution >= 4 is 26.4 Å². The Bertz CT molecular complexity index is 1110. The fourth-order valence-electron chi connectivity index (χ4n) is 3.80. The highest BCUT2D eigenvalue weighted by atomic mass is 32.2. The van der Waals surface area contributed by atoms with Crippen LogP contribution in [0.15, 0.2) is 58.5 Å². The number of aryl methyl sites for hydroxylation is 1. The molecule has 0 saturated carbocycles. The molecule has 1 saturated heterocycles. The van der Waals surface area contributed by atoms with E-state index in [9.17, 15) is 12.8 Å². The zero-order valence-electron chi connectivity index (χ0n) is 15.9. The van der Waals surface area contributed by atoms with Crippen molar-refractivity contribution in [1.29, 1.82) is 0 Å². The first-order valence-electron chi connectivity index (χ1n) is 9.68. The van der Waals surface area contributed by atoms with Gasteiger partial charge in [-0.15, -0.1) is 0 Å². The number of halogens is 1. The molecule has 0 atom stereocenters. The van der Waals surface area contributed by atoms with Crippen molar-refractivity contribution in [2.45, 2.75) is 42.4 Å². The number of fused-ring (bicyclic) bond motifs is 1. The summed E-state index contributed by atoms with van der Waals surface area (Å²) in [5.74, 6) is -0.394. The molecule has 0 aliphatic carbocycles. The second-order valence-corrected chi connectivity index (χ2v) is 9.10. The van der Waals surface area contributed by atoms with E-state index in [1.807, 2.05) is 19.1 Å². The Hall–Kier alpha value is -2.47. The molecule has 0 radical (unpaired) electrons. The molecule has 0 N–H and O–H groups in total. The molecule has 4 nitrogen and oxygen atoms in total. The molecule has 0 spiro atoms. The molecule has 2 heterocycles. The highest BCUT2D eigenvalue weighted by molar-refractivity contribution is 7.91. The van der Waals surface area contributed by atoms with Gasteiger partial charge >= 0.3 is 0 Å². The lowest BCUT2D eigenvalue weighted by atomic mass is 10.1. The van der Waals surface area contributed by atoms with Gasteiger partial charge in [0.15, 0.2) is 0 Å². The lowest BCUT2D eigenvalue weighted by Crippen LogP contribution is -2.31. The lowest BCUT2D eigenvalue weighted by molar-refractivity contribution is 0.571. The van der Waals surface area contributed by atoms with Gasteiger partial charge in [0.2, 0.25) is 9.84 Å². The molecule has 0 bridgehead atoms. The molecule has 0 amide bonds. The second-order valence-electron chi connectivity index (χ2n) is 7.18. The van der Waals surface area contributed by atoms with Crippen LogP contribution in [-0.4, -0.2) is 26.5 Å². The van der Waals surface area contributed by atoms with Gasteiger partial charge in [0.25, 0.3) is 0 Å². The zero-order chi connectivity index (χ0) is 19.7. The maximum atomic E-state index is 14.0. The summed E-state index contributed by atoms with van der Waals surface area (Å²) in [6.07, 6.45) is 5.37. The van der Waals surface area contributed by atoms with Crippen molar-refractivity contribution in [2.75, 3.05) is 18.0 Å². The van der Waals surface area contributed by atoms with Gasteiger partial charge in [0.05, 0.1) is 16.1 Å². The summed E-state index contributed by atoms with van der Waals surface area (Å²) in [4.78, 5) is 6.79. The summed E-state index contributed by atoms with van der Waals surface area (Å²) in [6, 6.07) is 11.3. The Labute approximate surface area is 164 Å². The first-order valence-corrected chi connectivity index (χ1v) is 11.2. The molecule has 1 aliphatic rings. The molecular formula is C22H23FN2O2S.